The van der Waals surface area contributed by atoms with E-state index in [1.165, 1.54) is 7.11 Å². The highest BCUT2D eigenvalue weighted by atomic mass is 16.8. The third-order valence-corrected chi connectivity index (χ3v) is 2.65. The average molecular weight is 234 g/mol. The smallest absolute Gasteiger partial charge is 0.164 e. The first kappa shape index (κ1) is 13.9. The van der Waals surface area contributed by atoms with Gasteiger partial charge in [-0.15, -0.1) is 0 Å². The molecular formula is C11H22O5. The predicted octanol–water partition coefficient (Wildman–Crippen LogP) is 0.285. The van der Waals surface area contributed by atoms with E-state index in [-0.39, 0.29) is 6.61 Å². The molecule has 0 aromatic heterocycles. The Balaban J connectivity index is 2.85. The SMILES string of the molecule is CO[C@H]([C@H]1OC(C)(C)O[C@H]1CO)C(C)(C)O. The zero-order valence-electron chi connectivity index (χ0n) is 10.6. The number of methoxy groups -OCH3 is 1. The summed E-state index contributed by atoms with van der Waals surface area (Å²) in [6.45, 7) is 6.66. The summed E-state index contributed by atoms with van der Waals surface area (Å²) >= 11 is 0. The van der Waals surface area contributed by atoms with Crippen molar-refractivity contribution in [3.63, 3.8) is 0 Å². The normalized spacial score (nSPS) is 31.7. The van der Waals surface area contributed by atoms with Gasteiger partial charge in [-0.1, -0.05) is 0 Å². The van der Waals surface area contributed by atoms with Crippen molar-refractivity contribution < 1.29 is 24.4 Å². The van der Waals surface area contributed by atoms with E-state index in [0.29, 0.717) is 0 Å². The minimum atomic E-state index is -1.06. The molecule has 0 radical (unpaired) electrons. The van der Waals surface area contributed by atoms with Crippen LogP contribution in [0.4, 0.5) is 0 Å². The zero-order chi connectivity index (χ0) is 12.6. The molecule has 0 aromatic rings. The van der Waals surface area contributed by atoms with Crippen LogP contribution in [-0.2, 0) is 14.2 Å². The molecule has 1 saturated heterocycles. The van der Waals surface area contributed by atoms with Gasteiger partial charge in [0.15, 0.2) is 5.79 Å². The van der Waals surface area contributed by atoms with Gasteiger partial charge in [0, 0.05) is 7.11 Å². The lowest BCUT2D eigenvalue weighted by atomic mass is 9.94. The maximum Gasteiger partial charge on any atom is 0.164 e. The van der Waals surface area contributed by atoms with Gasteiger partial charge in [-0.2, -0.15) is 0 Å². The molecule has 0 saturated carbocycles. The quantitative estimate of drug-likeness (QED) is 0.731. The van der Waals surface area contributed by atoms with Gasteiger partial charge in [0.1, 0.15) is 18.3 Å². The fourth-order valence-electron chi connectivity index (χ4n) is 2.09. The van der Waals surface area contributed by atoms with E-state index < -0.39 is 29.7 Å². The van der Waals surface area contributed by atoms with Gasteiger partial charge in [0.2, 0.25) is 0 Å². The Morgan fingerprint density at radius 1 is 1.38 bits per heavy atom. The fourth-order valence-corrected chi connectivity index (χ4v) is 2.09. The molecule has 2 N–H and O–H groups in total. The second kappa shape index (κ2) is 4.58. The van der Waals surface area contributed by atoms with Gasteiger partial charge in [-0.05, 0) is 27.7 Å². The Morgan fingerprint density at radius 2 is 1.94 bits per heavy atom. The van der Waals surface area contributed by atoms with E-state index in [4.69, 9.17) is 14.2 Å². The molecule has 0 bridgehead atoms. The molecular weight excluding hydrogens is 212 g/mol. The van der Waals surface area contributed by atoms with Crippen molar-refractivity contribution in [2.45, 2.75) is 57.4 Å². The van der Waals surface area contributed by atoms with E-state index in [2.05, 4.69) is 0 Å². The summed E-state index contributed by atoms with van der Waals surface area (Å²) in [5.41, 5.74) is -1.06. The maximum atomic E-state index is 9.98. The molecule has 1 aliphatic rings. The minimum Gasteiger partial charge on any atom is -0.394 e. The monoisotopic (exact) mass is 234 g/mol. The van der Waals surface area contributed by atoms with E-state index in [1.807, 2.05) is 0 Å². The highest BCUT2D eigenvalue weighted by molar-refractivity contribution is 4.94. The van der Waals surface area contributed by atoms with E-state index in [1.54, 1.807) is 27.7 Å². The second-order valence-electron chi connectivity index (χ2n) is 5.13. The minimum absolute atomic E-state index is 0.163. The number of aliphatic hydroxyl groups is 2. The van der Waals surface area contributed by atoms with Crippen LogP contribution in [0.3, 0.4) is 0 Å². The van der Waals surface area contributed by atoms with Crippen LogP contribution in [0.1, 0.15) is 27.7 Å². The van der Waals surface area contributed by atoms with Gasteiger partial charge in [-0.25, -0.2) is 0 Å². The summed E-state index contributed by atoms with van der Waals surface area (Å²) < 4.78 is 16.4. The highest BCUT2D eigenvalue weighted by Gasteiger charge is 2.49. The molecule has 1 aliphatic heterocycles. The van der Waals surface area contributed by atoms with Gasteiger partial charge < -0.3 is 24.4 Å². The molecule has 1 rings (SSSR count). The molecule has 16 heavy (non-hydrogen) atoms. The molecule has 0 aromatic carbocycles. The van der Waals surface area contributed by atoms with Crippen molar-refractivity contribution in [2.75, 3.05) is 13.7 Å². The van der Waals surface area contributed by atoms with E-state index in [0.717, 1.165) is 0 Å². The van der Waals surface area contributed by atoms with Crippen LogP contribution in [0.2, 0.25) is 0 Å². The maximum absolute atomic E-state index is 9.98. The van der Waals surface area contributed by atoms with Crippen LogP contribution in [0.25, 0.3) is 0 Å². The van der Waals surface area contributed by atoms with Crippen LogP contribution >= 0.6 is 0 Å². The number of ether oxygens (including phenoxy) is 3. The van der Waals surface area contributed by atoms with Crippen LogP contribution < -0.4 is 0 Å². The average Bonchev–Trinajstić information content (AvgIpc) is 2.40. The molecule has 3 atom stereocenters. The lowest BCUT2D eigenvalue weighted by molar-refractivity contribution is -0.177. The van der Waals surface area contributed by atoms with E-state index >= 15 is 0 Å². The van der Waals surface area contributed by atoms with Gasteiger partial charge >= 0.3 is 0 Å². The molecule has 0 aliphatic carbocycles. The molecule has 5 nitrogen and oxygen atoms in total. The fraction of sp³-hybridized carbons (Fsp3) is 1.00. The molecule has 0 spiro atoms. The van der Waals surface area contributed by atoms with Crippen LogP contribution in [0.15, 0.2) is 0 Å². The third-order valence-electron chi connectivity index (χ3n) is 2.65. The second-order valence-corrected chi connectivity index (χ2v) is 5.13. The number of hydrogen-bond donors (Lipinski definition) is 2. The first-order chi connectivity index (χ1) is 7.21. The van der Waals surface area contributed by atoms with E-state index in [9.17, 15) is 10.2 Å². The van der Waals surface area contributed by atoms with Crippen molar-refractivity contribution in [3.05, 3.63) is 0 Å². The number of hydrogen-bond acceptors (Lipinski definition) is 5. The van der Waals surface area contributed by atoms with Gasteiger partial charge in [-0.3, -0.25) is 0 Å². The van der Waals surface area contributed by atoms with Crippen molar-refractivity contribution in [3.8, 4) is 0 Å². The summed E-state index contributed by atoms with van der Waals surface area (Å²) in [7, 11) is 1.51. The molecule has 5 heteroatoms. The largest absolute Gasteiger partial charge is 0.394 e. The Morgan fingerprint density at radius 3 is 2.31 bits per heavy atom. The van der Waals surface area contributed by atoms with Gasteiger partial charge in [0.25, 0.3) is 0 Å². The van der Waals surface area contributed by atoms with Gasteiger partial charge in [0.05, 0.1) is 12.2 Å². The number of rotatable bonds is 4. The summed E-state index contributed by atoms with van der Waals surface area (Å²) in [5, 5.41) is 19.2. The first-order valence-electron chi connectivity index (χ1n) is 5.43. The standard InChI is InChI=1S/C11H22O5/c1-10(2,13)9(14-5)8-7(6-12)15-11(3,4)16-8/h7-9,12-13H,6H2,1-5H3/t7-,8-,9+/m0/s1. The molecule has 1 heterocycles. The lowest BCUT2D eigenvalue weighted by Crippen LogP contribution is -2.50. The highest BCUT2D eigenvalue weighted by Crippen LogP contribution is 2.33. The van der Waals surface area contributed by atoms with Crippen LogP contribution in [0, 0.1) is 0 Å². The summed E-state index contributed by atoms with van der Waals surface area (Å²) in [4.78, 5) is 0. The Hall–Kier alpha value is -0.200. The zero-order valence-corrected chi connectivity index (χ0v) is 10.6. The molecule has 96 valence electrons. The Labute approximate surface area is 96.3 Å². The third kappa shape index (κ3) is 2.93. The Kier molecular flexibility index (Phi) is 3.97. The summed E-state index contributed by atoms with van der Waals surface area (Å²) in [6, 6.07) is 0. The van der Waals surface area contributed by atoms with Crippen molar-refractivity contribution in [2.24, 2.45) is 0 Å². The molecule has 0 amide bonds. The topological polar surface area (TPSA) is 68.2 Å². The van der Waals surface area contributed by atoms with Crippen molar-refractivity contribution in [1.82, 2.24) is 0 Å². The van der Waals surface area contributed by atoms with Crippen LogP contribution in [-0.4, -0.2) is 53.6 Å². The lowest BCUT2D eigenvalue weighted by Gasteiger charge is -2.33. The molecule has 0 unspecified atom stereocenters. The first-order valence-corrected chi connectivity index (χ1v) is 5.43. The summed E-state index contributed by atoms with van der Waals surface area (Å²) in [5.74, 6) is -0.764. The van der Waals surface area contributed by atoms with Crippen LogP contribution in [0.5, 0.6) is 0 Å². The van der Waals surface area contributed by atoms with Crippen molar-refractivity contribution >= 4 is 0 Å². The van der Waals surface area contributed by atoms with Crippen molar-refractivity contribution in [1.29, 1.82) is 0 Å². The molecule has 1 fully saturated rings. The Bertz CT molecular complexity index is 233. The number of aliphatic hydroxyl groups excluding tert-OH is 1. The summed E-state index contributed by atoms with van der Waals surface area (Å²) in [6.07, 6.45) is -1.51. The predicted molar refractivity (Wildman–Crippen MR) is 58.0 cm³/mol.